The fourth-order valence-electron chi connectivity index (χ4n) is 1.80. The number of hydrogen-bond acceptors (Lipinski definition) is 4. The van der Waals surface area contributed by atoms with Crippen molar-refractivity contribution in [2.24, 2.45) is 7.05 Å². The maximum absolute atomic E-state index is 6.51. The minimum Gasteiger partial charge on any atom is -0.275 e. The first-order valence-corrected chi connectivity index (χ1v) is 8.35. The summed E-state index contributed by atoms with van der Waals surface area (Å²) < 4.78 is 2.76. The molecule has 21 heavy (non-hydrogen) atoms. The van der Waals surface area contributed by atoms with E-state index in [0.717, 1.165) is 19.7 Å². The molecule has 0 amide bonds. The van der Waals surface area contributed by atoms with Gasteiger partial charge in [-0.05, 0) is 46.5 Å². The van der Waals surface area contributed by atoms with Crippen molar-refractivity contribution in [3.05, 3.63) is 51.4 Å². The van der Waals surface area contributed by atoms with Crippen LogP contribution in [0.15, 0.2) is 52.9 Å². The first-order chi connectivity index (χ1) is 10.1. The predicted molar refractivity (Wildman–Crippen MR) is 92.5 cm³/mol. The fourth-order valence-corrected chi connectivity index (χ4v) is 3.17. The lowest BCUT2D eigenvalue weighted by Gasteiger charge is -2.06. The maximum atomic E-state index is 6.51. The van der Waals surface area contributed by atoms with Gasteiger partial charge in [0.1, 0.15) is 0 Å². The number of nitrogens with zero attached hydrogens (tertiary/aromatic N) is 4. The standard InChI is InChI=1S/C14H10ClIN4S/c1-20-6-5-11(19-20)10-3-2-4-12(13(10)15)21-14-17-7-9(16)8-18-14/h2-8H,1H3. The van der Waals surface area contributed by atoms with E-state index in [2.05, 4.69) is 37.7 Å². The van der Waals surface area contributed by atoms with E-state index in [1.165, 1.54) is 11.8 Å². The fraction of sp³-hybridized carbons (Fsp3) is 0.0714. The monoisotopic (exact) mass is 428 g/mol. The van der Waals surface area contributed by atoms with Crippen LogP contribution < -0.4 is 0 Å². The van der Waals surface area contributed by atoms with Crippen LogP contribution in [-0.2, 0) is 7.05 Å². The van der Waals surface area contributed by atoms with Gasteiger partial charge in [0.2, 0.25) is 0 Å². The molecule has 0 saturated heterocycles. The third-order valence-corrected chi connectivity index (χ3v) is 4.78. The molecule has 2 aromatic heterocycles. The Bertz CT molecular complexity index is 773. The van der Waals surface area contributed by atoms with E-state index in [1.54, 1.807) is 17.1 Å². The Kier molecular flexibility index (Phi) is 4.46. The minimum atomic E-state index is 0.670. The van der Waals surface area contributed by atoms with Gasteiger partial charge in [-0.2, -0.15) is 5.10 Å². The predicted octanol–water partition coefficient (Wildman–Crippen LogP) is 4.29. The summed E-state index contributed by atoms with van der Waals surface area (Å²) in [5.74, 6) is 0. The third kappa shape index (κ3) is 3.38. The van der Waals surface area contributed by atoms with E-state index < -0.39 is 0 Å². The number of aryl methyl sites for hydroxylation is 1. The summed E-state index contributed by atoms with van der Waals surface area (Å²) in [6.07, 6.45) is 5.46. The van der Waals surface area contributed by atoms with Crippen molar-refractivity contribution in [1.29, 1.82) is 0 Å². The van der Waals surface area contributed by atoms with Crippen molar-refractivity contribution in [3.63, 3.8) is 0 Å². The van der Waals surface area contributed by atoms with Crippen LogP contribution in [0.1, 0.15) is 0 Å². The van der Waals surface area contributed by atoms with Crippen molar-refractivity contribution in [2.75, 3.05) is 0 Å². The van der Waals surface area contributed by atoms with Gasteiger partial charge >= 0.3 is 0 Å². The largest absolute Gasteiger partial charge is 0.275 e. The molecule has 0 aliphatic heterocycles. The van der Waals surface area contributed by atoms with Crippen molar-refractivity contribution < 1.29 is 0 Å². The molecule has 0 atom stereocenters. The summed E-state index contributed by atoms with van der Waals surface area (Å²) in [7, 11) is 1.88. The molecule has 0 saturated carbocycles. The second kappa shape index (κ2) is 6.33. The van der Waals surface area contributed by atoms with Crippen molar-refractivity contribution in [3.8, 4) is 11.3 Å². The summed E-state index contributed by atoms with van der Waals surface area (Å²) in [4.78, 5) is 9.49. The first-order valence-electron chi connectivity index (χ1n) is 6.07. The van der Waals surface area contributed by atoms with Crippen LogP contribution in [0.2, 0.25) is 5.02 Å². The second-order valence-electron chi connectivity index (χ2n) is 4.28. The molecule has 0 N–H and O–H groups in total. The Morgan fingerprint density at radius 2 is 1.95 bits per heavy atom. The van der Waals surface area contributed by atoms with Gasteiger partial charge in [0.25, 0.3) is 0 Å². The maximum Gasteiger partial charge on any atom is 0.192 e. The van der Waals surface area contributed by atoms with Crippen LogP contribution in [0.4, 0.5) is 0 Å². The highest BCUT2D eigenvalue weighted by atomic mass is 127. The lowest BCUT2D eigenvalue weighted by Crippen LogP contribution is -1.90. The average molecular weight is 429 g/mol. The molecule has 0 fully saturated rings. The first kappa shape index (κ1) is 14.8. The molecule has 1 aromatic carbocycles. The third-order valence-electron chi connectivity index (χ3n) is 2.75. The van der Waals surface area contributed by atoms with E-state index >= 15 is 0 Å². The zero-order valence-corrected chi connectivity index (χ0v) is 14.7. The van der Waals surface area contributed by atoms with E-state index in [0.29, 0.717) is 10.2 Å². The van der Waals surface area contributed by atoms with Gasteiger partial charge in [-0.3, -0.25) is 4.68 Å². The number of aromatic nitrogens is 4. The van der Waals surface area contributed by atoms with Gasteiger partial charge in [0.05, 0.1) is 10.7 Å². The summed E-state index contributed by atoms with van der Waals surface area (Å²) in [6.45, 7) is 0. The number of rotatable bonds is 3. The molecule has 7 heteroatoms. The lowest BCUT2D eigenvalue weighted by molar-refractivity contribution is 0.771. The quantitative estimate of drug-likeness (QED) is 0.461. The second-order valence-corrected chi connectivity index (χ2v) is 6.91. The van der Waals surface area contributed by atoms with Crippen molar-refractivity contribution in [1.82, 2.24) is 19.7 Å². The summed E-state index contributed by atoms with van der Waals surface area (Å²) in [5.41, 5.74) is 1.77. The topological polar surface area (TPSA) is 43.6 Å². The molecule has 0 bridgehead atoms. The highest BCUT2D eigenvalue weighted by molar-refractivity contribution is 14.1. The van der Waals surface area contributed by atoms with Gasteiger partial charge in [0.15, 0.2) is 5.16 Å². The number of halogens is 2. The smallest absolute Gasteiger partial charge is 0.192 e. The minimum absolute atomic E-state index is 0.670. The zero-order chi connectivity index (χ0) is 14.8. The Labute approximate surface area is 145 Å². The van der Waals surface area contributed by atoms with Crippen molar-refractivity contribution >= 4 is 46.0 Å². The highest BCUT2D eigenvalue weighted by Gasteiger charge is 2.12. The van der Waals surface area contributed by atoms with Gasteiger partial charge < -0.3 is 0 Å². The molecular weight excluding hydrogens is 419 g/mol. The van der Waals surface area contributed by atoms with Crippen LogP contribution >= 0.6 is 46.0 Å². The van der Waals surface area contributed by atoms with E-state index in [4.69, 9.17) is 11.6 Å². The molecule has 3 aromatic rings. The summed E-state index contributed by atoms with van der Waals surface area (Å²) in [6, 6.07) is 7.83. The Morgan fingerprint density at radius 3 is 2.62 bits per heavy atom. The highest BCUT2D eigenvalue weighted by Crippen LogP contribution is 2.37. The zero-order valence-electron chi connectivity index (χ0n) is 11.0. The molecule has 0 aliphatic carbocycles. The molecule has 2 heterocycles. The van der Waals surface area contributed by atoms with E-state index in [-0.39, 0.29) is 0 Å². The normalized spacial score (nSPS) is 10.8. The van der Waals surface area contributed by atoms with Gasteiger partial charge in [-0.1, -0.05) is 23.7 Å². The average Bonchev–Trinajstić information content (AvgIpc) is 2.90. The Balaban J connectivity index is 1.95. The van der Waals surface area contributed by atoms with Crippen molar-refractivity contribution in [2.45, 2.75) is 10.1 Å². The van der Waals surface area contributed by atoms with Gasteiger partial charge in [-0.25, -0.2) is 9.97 Å². The number of benzene rings is 1. The van der Waals surface area contributed by atoms with Crippen LogP contribution in [-0.4, -0.2) is 19.7 Å². The van der Waals surface area contributed by atoms with Crippen LogP contribution in [0.3, 0.4) is 0 Å². The molecule has 0 spiro atoms. The SMILES string of the molecule is Cn1ccc(-c2cccc(Sc3ncc(I)cn3)c2Cl)n1. The van der Waals surface area contributed by atoms with Crippen LogP contribution in [0.5, 0.6) is 0 Å². The van der Waals surface area contributed by atoms with E-state index in [1.807, 2.05) is 37.5 Å². The molecule has 3 rings (SSSR count). The van der Waals surface area contributed by atoms with Crippen LogP contribution in [0, 0.1) is 3.57 Å². The Hall–Kier alpha value is -1.12. The molecule has 0 aliphatic rings. The van der Waals surface area contributed by atoms with Crippen LogP contribution in [0.25, 0.3) is 11.3 Å². The molecule has 0 unspecified atom stereocenters. The molecular formula is C14H10ClIN4S. The Morgan fingerprint density at radius 1 is 1.19 bits per heavy atom. The molecule has 0 radical (unpaired) electrons. The summed E-state index contributed by atoms with van der Waals surface area (Å²) in [5, 5.41) is 5.74. The lowest BCUT2D eigenvalue weighted by atomic mass is 10.1. The summed E-state index contributed by atoms with van der Waals surface area (Å²) >= 11 is 10.1. The van der Waals surface area contributed by atoms with E-state index in [9.17, 15) is 0 Å². The van der Waals surface area contributed by atoms with Gasteiger partial charge in [0, 0.05) is 39.7 Å². The molecule has 106 valence electrons. The molecule has 4 nitrogen and oxygen atoms in total. The van der Waals surface area contributed by atoms with Gasteiger partial charge in [-0.15, -0.1) is 0 Å². The number of hydrogen-bond donors (Lipinski definition) is 0.